The van der Waals surface area contributed by atoms with Gasteiger partial charge in [-0.05, 0) is 61.6 Å². The molecule has 2 aliphatic rings. The summed E-state index contributed by atoms with van der Waals surface area (Å²) < 4.78 is 46.7. The van der Waals surface area contributed by atoms with Crippen molar-refractivity contribution < 1.29 is 37.0 Å². The average molecular weight is 563 g/mol. The zero-order valence-corrected chi connectivity index (χ0v) is 23.4. The molecule has 1 fully saturated rings. The third-order valence-electron chi connectivity index (χ3n) is 7.18. The normalized spacial score (nSPS) is 19.5. The number of carbonyl (C=O) groups excluding carboxylic acids is 3. The van der Waals surface area contributed by atoms with Crippen molar-refractivity contribution >= 4 is 23.5 Å². The second kappa shape index (κ2) is 13.7. The van der Waals surface area contributed by atoms with Gasteiger partial charge in [0.1, 0.15) is 5.75 Å². The van der Waals surface area contributed by atoms with Gasteiger partial charge in [0.25, 0.3) is 5.91 Å². The maximum atomic E-state index is 13.8. The molecule has 1 aliphatic carbocycles. The first-order valence-electron chi connectivity index (χ1n) is 13.8. The van der Waals surface area contributed by atoms with E-state index in [4.69, 9.17) is 4.74 Å². The molecule has 0 spiro atoms. The van der Waals surface area contributed by atoms with Gasteiger partial charge in [-0.3, -0.25) is 14.4 Å². The van der Waals surface area contributed by atoms with Gasteiger partial charge in [-0.2, -0.15) is 0 Å². The smallest absolute Gasteiger partial charge is 0.466 e. The highest BCUT2D eigenvalue weighted by molar-refractivity contribution is 6.07. The van der Waals surface area contributed by atoms with Crippen LogP contribution in [0.15, 0.2) is 48.5 Å². The molecular formula is C30H37F3N2O5. The van der Waals surface area contributed by atoms with E-state index in [2.05, 4.69) is 4.74 Å². The summed E-state index contributed by atoms with van der Waals surface area (Å²) in [7, 11) is 0. The van der Waals surface area contributed by atoms with E-state index >= 15 is 0 Å². The molecular weight excluding hydrogens is 525 g/mol. The number of benzene rings is 2. The van der Waals surface area contributed by atoms with Gasteiger partial charge >= 0.3 is 12.3 Å². The quantitative estimate of drug-likeness (QED) is 0.265. The number of hydrogen-bond donors (Lipinski definition) is 0. The number of amides is 2. The predicted molar refractivity (Wildman–Crippen MR) is 145 cm³/mol. The van der Waals surface area contributed by atoms with Crippen LogP contribution in [-0.2, 0) is 14.3 Å². The van der Waals surface area contributed by atoms with Crippen LogP contribution in [0.3, 0.4) is 0 Å². The topological polar surface area (TPSA) is 76.2 Å². The molecule has 2 amide bonds. The first-order valence-corrected chi connectivity index (χ1v) is 13.8. The molecule has 1 aliphatic heterocycles. The second-order valence-electron chi connectivity index (χ2n) is 9.67. The molecule has 3 atom stereocenters. The number of unbranched alkanes of at least 4 members (excludes halogenated alkanes) is 1. The number of carbonyl (C=O) groups is 3. The fraction of sp³-hybridized carbons (Fsp3) is 0.500. The minimum absolute atomic E-state index is 0.0130. The van der Waals surface area contributed by atoms with Gasteiger partial charge < -0.3 is 19.3 Å². The molecule has 218 valence electrons. The van der Waals surface area contributed by atoms with E-state index in [0.717, 1.165) is 37.0 Å². The molecule has 0 N–H and O–H groups in total. The highest BCUT2D eigenvalue weighted by Crippen LogP contribution is 2.50. The Balaban J connectivity index is 0.00000216. The molecule has 0 aromatic heterocycles. The Morgan fingerprint density at radius 1 is 0.975 bits per heavy atom. The Hall–Kier alpha value is -3.56. The zero-order valence-electron chi connectivity index (χ0n) is 23.4. The number of para-hydroxylation sites is 1. The molecule has 0 radical (unpaired) electrons. The van der Waals surface area contributed by atoms with Crippen molar-refractivity contribution in [2.45, 2.75) is 78.2 Å². The Labute approximate surface area is 233 Å². The molecule has 3 unspecified atom stereocenters. The number of rotatable bonds is 8. The monoisotopic (exact) mass is 562 g/mol. The van der Waals surface area contributed by atoms with Crippen LogP contribution in [0.5, 0.6) is 5.75 Å². The second-order valence-corrected chi connectivity index (χ2v) is 9.67. The molecule has 1 saturated carbocycles. The minimum atomic E-state index is -4.81. The molecule has 10 heteroatoms. The lowest BCUT2D eigenvalue weighted by Crippen LogP contribution is -2.52. The standard InChI is InChI=1S/C28H31F3N2O5.C2H6/c1-18(34)32(16-5-6-17-37-19(2)35)26-22-8-3-4-10-24(22)33(25-11-7-9-23(25)26)27(36)20-12-14-21(15-13-20)38-28(29,30)31;1-2/h3-4,8,10,12-15,23,25-26H,5-7,9,11,16-17H2,1-2H3;1-2H3. The van der Waals surface area contributed by atoms with Crippen LogP contribution in [-0.4, -0.2) is 48.2 Å². The lowest BCUT2D eigenvalue weighted by Gasteiger charge is -2.47. The van der Waals surface area contributed by atoms with E-state index in [-0.39, 0.29) is 41.3 Å². The van der Waals surface area contributed by atoms with Crippen LogP contribution in [0.1, 0.15) is 81.8 Å². The summed E-state index contributed by atoms with van der Waals surface area (Å²) in [4.78, 5) is 41.3. The van der Waals surface area contributed by atoms with Crippen molar-refractivity contribution in [1.82, 2.24) is 4.90 Å². The summed E-state index contributed by atoms with van der Waals surface area (Å²) in [6, 6.07) is 12.1. The highest BCUT2D eigenvalue weighted by Gasteiger charge is 2.48. The van der Waals surface area contributed by atoms with Crippen LogP contribution < -0.4 is 9.64 Å². The lowest BCUT2D eigenvalue weighted by atomic mass is 9.81. The van der Waals surface area contributed by atoms with Gasteiger partial charge in [-0.25, -0.2) is 0 Å². The van der Waals surface area contributed by atoms with E-state index in [0.29, 0.717) is 31.7 Å². The summed E-state index contributed by atoms with van der Waals surface area (Å²) >= 11 is 0. The van der Waals surface area contributed by atoms with E-state index < -0.39 is 12.1 Å². The number of esters is 1. The average Bonchev–Trinajstić information content (AvgIpc) is 3.39. The first-order chi connectivity index (χ1) is 19.1. The third-order valence-corrected chi connectivity index (χ3v) is 7.18. The minimum Gasteiger partial charge on any atom is -0.466 e. The SMILES string of the molecule is CC.CC(=O)OCCCCN(C(C)=O)C1c2ccccc2N(C(=O)c2ccc(OC(F)(F)F)cc2)C2CCCC12. The lowest BCUT2D eigenvalue weighted by molar-refractivity contribution is -0.274. The highest BCUT2D eigenvalue weighted by atomic mass is 19.4. The molecule has 4 rings (SSSR count). The van der Waals surface area contributed by atoms with Crippen molar-refractivity contribution in [3.8, 4) is 5.75 Å². The summed E-state index contributed by atoms with van der Waals surface area (Å²) in [6.45, 7) is 7.69. The Kier molecular flexibility index (Phi) is 10.6. The molecule has 40 heavy (non-hydrogen) atoms. The summed E-state index contributed by atoms with van der Waals surface area (Å²) in [6.07, 6.45) is -1.03. The Bertz CT molecular complexity index is 1170. The molecule has 1 heterocycles. The van der Waals surface area contributed by atoms with Crippen LogP contribution in [0.4, 0.5) is 18.9 Å². The Morgan fingerprint density at radius 2 is 1.65 bits per heavy atom. The molecule has 0 saturated heterocycles. The Morgan fingerprint density at radius 3 is 2.27 bits per heavy atom. The van der Waals surface area contributed by atoms with Crippen LogP contribution in [0.25, 0.3) is 0 Å². The van der Waals surface area contributed by atoms with Crippen LogP contribution >= 0.6 is 0 Å². The van der Waals surface area contributed by atoms with E-state index in [1.807, 2.05) is 43.0 Å². The summed E-state index contributed by atoms with van der Waals surface area (Å²) in [5.41, 5.74) is 1.83. The van der Waals surface area contributed by atoms with E-state index in [1.165, 1.54) is 19.1 Å². The predicted octanol–water partition coefficient (Wildman–Crippen LogP) is 6.67. The van der Waals surface area contributed by atoms with Crippen molar-refractivity contribution in [3.05, 3.63) is 59.7 Å². The van der Waals surface area contributed by atoms with Crippen molar-refractivity contribution in [3.63, 3.8) is 0 Å². The largest absolute Gasteiger partial charge is 0.573 e. The number of hydrogen-bond acceptors (Lipinski definition) is 5. The molecule has 0 bridgehead atoms. The molecule has 7 nitrogen and oxygen atoms in total. The van der Waals surface area contributed by atoms with Gasteiger partial charge in [-0.15, -0.1) is 13.2 Å². The van der Waals surface area contributed by atoms with Gasteiger partial charge in [0.05, 0.1) is 12.6 Å². The molecule has 2 aromatic carbocycles. The van der Waals surface area contributed by atoms with Gasteiger partial charge in [-0.1, -0.05) is 38.5 Å². The fourth-order valence-corrected chi connectivity index (χ4v) is 5.71. The van der Waals surface area contributed by atoms with Gasteiger partial charge in [0.2, 0.25) is 5.91 Å². The number of nitrogens with zero attached hydrogens (tertiary/aromatic N) is 2. The van der Waals surface area contributed by atoms with Crippen molar-refractivity contribution in [2.75, 3.05) is 18.1 Å². The third kappa shape index (κ3) is 7.34. The van der Waals surface area contributed by atoms with E-state index in [1.54, 1.807) is 11.8 Å². The summed E-state index contributed by atoms with van der Waals surface area (Å²) in [5, 5.41) is 0. The number of fused-ring (bicyclic) bond motifs is 2. The van der Waals surface area contributed by atoms with Crippen LogP contribution in [0.2, 0.25) is 0 Å². The van der Waals surface area contributed by atoms with Crippen molar-refractivity contribution in [2.24, 2.45) is 5.92 Å². The van der Waals surface area contributed by atoms with Gasteiger partial charge in [0.15, 0.2) is 0 Å². The van der Waals surface area contributed by atoms with Crippen molar-refractivity contribution in [1.29, 1.82) is 0 Å². The summed E-state index contributed by atoms with van der Waals surface area (Å²) in [5.74, 6) is -1.09. The maximum absolute atomic E-state index is 13.8. The molecule has 2 aromatic rings. The number of anilines is 1. The number of alkyl halides is 3. The maximum Gasteiger partial charge on any atom is 0.573 e. The van der Waals surface area contributed by atoms with E-state index in [9.17, 15) is 27.6 Å². The fourth-order valence-electron chi connectivity index (χ4n) is 5.71. The number of ether oxygens (including phenoxy) is 2. The zero-order chi connectivity index (χ0) is 29.4. The number of halogens is 3. The van der Waals surface area contributed by atoms with Crippen LogP contribution in [0, 0.1) is 5.92 Å². The van der Waals surface area contributed by atoms with Gasteiger partial charge in [0, 0.05) is 43.6 Å². The first kappa shape index (κ1) is 31.0.